The summed E-state index contributed by atoms with van der Waals surface area (Å²) in [6.45, 7) is 2.20. The molecule has 0 aliphatic carbocycles. The molecular weight excluding hydrogens is 358 g/mol. The molecule has 0 unspecified atom stereocenters. The van der Waals surface area contributed by atoms with Crippen molar-refractivity contribution in [2.24, 2.45) is 5.92 Å². The van der Waals surface area contributed by atoms with Crippen molar-refractivity contribution in [3.8, 4) is 28.4 Å². The molecule has 2 heterocycles. The van der Waals surface area contributed by atoms with Gasteiger partial charge in [-0.15, -0.1) is 0 Å². The van der Waals surface area contributed by atoms with E-state index in [2.05, 4.69) is 15.5 Å². The van der Waals surface area contributed by atoms with E-state index in [0.29, 0.717) is 12.1 Å². The number of aromatic hydroxyl groups is 1. The highest BCUT2D eigenvalue weighted by molar-refractivity contribution is 5.94. The molecule has 7 nitrogen and oxygen atoms in total. The molecular formula is C21H21N3O4. The number of hydrogen-bond donors (Lipinski definition) is 3. The summed E-state index contributed by atoms with van der Waals surface area (Å²) in [6, 6.07) is 10.7. The zero-order valence-electron chi connectivity index (χ0n) is 15.7. The van der Waals surface area contributed by atoms with Crippen LogP contribution in [0.3, 0.4) is 0 Å². The number of methoxy groups -OCH3 is 1. The van der Waals surface area contributed by atoms with E-state index in [1.54, 1.807) is 25.4 Å². The van der Waals surface area contributed by atoms with Crippen molar-refractivity contribution >= 4 is 11.6 Å². The van der Waals surface area contributed by atoms with Crippen LogP contribution in [0, 0.1) is 12.8 Å². The average Bonchev–Trinajstić information content (AvgIpc) is 3.14. The van der Waals surface area contributed by atoms with E-state index < -0.39 is 0 Å². The summed E-state index contributed by atoms with van der Waals surface area (Å²) in [5, 5.41) is 20.0. The second-order valence-corrected chi connectivity index (χ2v) is 6.82. The number of phenols is 1. The van der Waals surface area contributed by atoms with E-state index in [-0.39, 0.29) is 24.2 Å². The van der Waals surface area contributed by atoms with E-state index in [4.69, 9.17) is 9.47 Å². The molecule has 3 N–H and O–H groups in total. The molecule has 0 fully saturated rings. The van der Waals surface area contributed by atoms with Crippen LogP contribution in [0.15, 0.2) is 42.6 Å². The Labute approximate surface area is 162 Å². The molecule has 1 atom stereocenters. The van der Waals surface area contributed by atoms with Crippen LogP contribution in [0.2, 0.25) is 0 Å². The van der Waals surface area contributed by atoms with E-state index >= 15 is 0 Å². The summed E-state index contributed by atoms with van der Waals surface area (Å²) in [6.07, 6.45) is 2.25. The van der Waals surface area contributed by atoms with Crippen LogP contribution in [-0.2, 0) is 11.2 Å². The summed E-state index contributed by atoms with van der Waals surface area (Å²) >= 11 is 0. The number of fused-ring (bicyclic) bond motifs is 1. The van der Waals surface area contributed by atoms with Gasteiger partial charge in [-0.1, -0.05) is 6.07 Å². The number of H-pyrrole nitrogens is 1. The number of nitrogens with one attached hydrogen (secondary N) is 2. The predicted molar refractivity (Wildman–Crippen MR) is 105 cm³/mol. The number of aromatic nitrogens is 2. The molecule has 144 valence electrons. The standard InChI is InChI=1S/C21H21N3O4/c1-12-17(10-22-24-12)13-3-5-18(19(25)9-13)23-21(26)15-7-14-8-16(27-2)4-6-20(14)28-11-15/h3-6,8-10,15,25H,7,11H2,1-2H3,(H,22,24)(H,23,26)/t15-/m0/s1. The Kier molecular flexibility index (Phi) is 4.65. The Morgan fingerprint density at radius 3 is 2.89 bits per heavy atom. The summed E-state index contributed by atoms with van der Waals surface area (Å²) < 4.78 is 11.0. The number of rotatable bonds is 4. The van der Waals surface area contributed by atoms with Gasteiger partial charge < -0.3 is 19.9 Å². The maximum absolute atomic E-state index is 12.7. The van der Waals surface area contributed by atoms with Gasteiger partial charge in [0.25, 0.3) is 0 Å². The van der Waals surface area contributed by atoms with E-state index in [1.165, 1.54) is 0 Å². The molecule has 0 saturated carbocycles. The van der Waals surface area contributed by atoms with Gasteiger partial charge in [0, 0.05) is 11.3 Å². The summed E-state index contributed by atoms with van der Waals surface area (Å²) in [5.41, 5.74) is 3.93. The highest BCUT2D eigenvalue weighted by atomic mass is 16.5. The summed E-state index contributed by atoms with van der Waals surface area (Å²) in [7, 11) is 1.60. The second kappa shape index (κ2) is 7.26. The highest BCUT2D eigenvalue weighted by Crippen LogP contribution is 2.33. The number of amides is 1. The number of carbonyl (C=O) groups is 1. The number of aryl methyl sites for hydroxylation is 1. The lowest BCUT2D eigenvalue weighted by Crippen LogP contribution is -2.32. The minimum Gasteiger partial charge on any atom is -0.506 e. The maximum Gasteiger partial charge on any atom is 0.231 e. The molecule has 28 heavy (non-hydrogen) atoms. The number of anilines is 1. The molecule has 1 aliphatic heterocycles. The Morgan fingerprint density at radius 1 is 1.32 bits per heavy atom. The lowest BCUT2D eigenvalue weighted by molar-refractivity contribution is -0.121. The van der Waals surface area contributed by atoms with Crippen molar-refractivity contribution in [1.29, 1.82) is 0 Å². The molecule has 1 amide bonds. The average molecular weight is 379 g/mol. The van der Waals surface area contributed by atoms with Gasteiger partial charge in [0.05, 0.1) is 24.9 Å². The number of benzene rings is 2. The van der Waals surface area contributed by atoms with Gasteiger partial charge in [0.15, 0.2) is 0 Å². The Bertz CT molecular complexity index is 1030. The third kappa shape index (κ3) is 3.38. The number of carbonyl (C=O) groups excluding carboxylic acids is 1. The van der Waals surface area contributed by atoms with Crippen molar-refractivity contribution in [1.82, 2.24) is 10.2 Å². The molecule has 3 aromatic rings. The molecule has 7 heteroatoms. The van der Waals surface area contributed by atoms with Crippen LogP contribution in [0.25, 0.3) is 11.1 Å². The maximum atomic E-state index is 12.7. The Hall–Kier alpha value is -3.48. The van der Waals surface area contributed by atoms with Gasteiger partial charge >= 0.3 is 0 Å². The van der Waals surface area contributed by atoms with Crippen LogP contribution >= 0.6 is 0 Å². The van der Waals surface area contributed by atoms with Crippen LogP contribution in [0.5, 0.6) is 17.2 Å². The number of aromatic amines is 1. The molecule has 1 aromatic heterocycles. The third-order valence-corrected chi connectivity index (χ3v) is 4.94. The molecule has 0 spiro atoms. The van der Waals surface area contributed by atoms with Gasteiger partial charge in [-0.3, -0.25) is 9.89 Å². The van der Waals surface area contributed by atoms with Crippen molar-refractivity contribution in [3.63, 3.8) is 0 Å². The van der Waals surface area contributed by atoms with Crippen LogP contribution in [0.4, 0.5) is 5.69 Å². The van der Waals surface area contributed by atoms with Gasteiger partial charge in [-0.05, 0) is 54.8 Å². The number of ether oxygens (including phenoxy) is 2. The third-order valence-electron chi connectivity index (χ3n) is 4.94. The van der Waals surface area contributed by atoms with E-state index in [0.717, 1.165) is 33.9 Å². The van der Waals surface area contributed by atoms with Gasteiger partial charge in [-0.25, -0.2) is 0 Å². The fourth-order valence-corrected chi connectivity index (χ4v) is 3.35. The van der Waals surface area contributed by atoms with Crippen LogP contribution in [-0.4, -0.2) is 34.9 Å². The molecule has 2 aromatic carbocycles. The first-order valence-electron chi connectivity index (χ1n) is 8.99. The van der Waals surface area contributed by atoms with E-state index in [1.807, 2.05) is 31.2 Å². The summed E-state index contributed by atoms with van der Waals surface area (Å²) in [4.78, 5) is 12.7. The fraction of sp³-hybridized carbons (Fsp3) is 0.238. The van der Waals surface area contributed by atoms with Crippen LogP contribution in [0.1, 0.15) is 11.3 Å². The smallest absolute Gasteiger partial charge is 0.231 e. The molecule has 0 radical (unpaired) electrons. The largest absolute Gasteiger partial charge is 0.506 e. The van der Waals surface area contributed by atoms with Crippen molar-refractivity contribution in [3.05, 3.63) is 53.9 Å². The Morgan fingerprint density at radius 2 is 2.18 bits per heavy atom. The number of hydrogen-bond acceptors (Lipinski definition) is 5. The van der Waals surface area contributed by atoms with Gasteiger partial charge in [0.1, 0.15) is 23.9 Å². The molecule has 4 rings (SSSR count). The summed E-state index contributed by atoms with van der Waals surface area (Å²) in [5.74, 6) is 0.953. The van der Waals surface area contributed by atoms with Crippen molar-refractivity contribution < 1.29 is 19.4 Å². The predicted octanol–water partition coefficient (Wildman–Crippen LogP) is 3.29. The topological polar surface area (TPSA) is 96.5 Å². The van der Waals surface area contributed by atoms with Crippen LogP contribution < -0.4 is 14.8 Å². The normalized spacial score (nSPS) is 15.4. The lowest BCUT2D eigenvalue weighted by atomic mass is 9.95. The number of nitrogens with zero attached hydrogens (tertiary/aromatic N) is 1. The van der Waals surface area contributed by atoms with Crippen molar-refractivity contribution in [2.75, 3.05) is 19.0 Å². The first kappa shape index (κ1) is 17.9. The monoisotopic (exact) mass is 379 g/mol. The zero-order valence-corrected chi connectivity index (χ0v) is 15.7. The second-order valence-electron chi connectivity index (χ2n) is 6.82. The first-order valence-corrected chi connectivity index (χ1v) is 8.99. The minimum absolute atomic E-state index is 0.00486. The van der Waals surface area contributed by atoms with Gasteiger partial charge in [-0.2, -0.15) is 5.10 Å². The fourth-order valence-electron chi connectivity index (χ4n) is 3.35. The lowest BCUT2D eigenvalue weighted by Gasteiger charge is -2.25. The van der Waals surface area contributed by atoms with Gasteiger partial charge in [0.2, 0.25) is 5.91 Å². The first-order chi connectivity index (χ1) is 13.5. The number of phenolic OH excluding ortho intramolecular Hbond substituents is 1. The molecule has 0 bridgehead atoms. The van der Waals surface area contributed by atoms with Crippen molar-refractivity contribution in [2.45, 2.75) is 13.3 Å². The molecule has 1 aliphatic rings. The minimum atomic E-state index is -0.352. The SMILES string of the molecule is COc1ccc2c(c1)C[C@H](C(=O)Nc1ccc(-c3cn[nH]c3C)cc1O)CO2. The Balaban J connectivity index is 1.48. The van der Waals surface area contributed by atoms with E-state index in [9.17, 15) is 9.90 Å². The highest BCUT2D eigenvalue weighted by Gasteiger charge is 2.27. The zero-order chi connectivity index (χ0) is 19.7. The molecule has 0 saturated heterocycles. The quantitative estimate of drug-likeness (QED) is 0.605.